The highest BCUT2D eigenvalue weighted by molar-refractivity contribution is 6.31. The molecular weight excluding hydrogens is 240 g/mol. The smallest absolute Gasteiger partial charge is 0.257 e. The summed E-state index contributed by atoms with van der Waals surface area (Å²) < 4.78 is 0. The topological polar surface area (TPSA) is 40.6 Å². The first-order chi connectivity index (χ1) is 8.09. The fraction of sp³-hybridized carbons (Fsp3) is 0.333. The summed E-state index contributed by atoms with van der Waals surface area (Å²) >= 11 is 5.89. The highest BCUT2D eigenvalue weighted by Gasteiger charge is 2.42. The van der Waals surface area contributed by atoms with E-state index < -0.39 is 0 Å². The number of nitrogens with zero attached hydrogens (tertiary/aromatic N) is 2. The SMILES string of the molecule is CN1C(=O)c2cc(Cl)ccc2N2C(=O)CCC12. The molecule has 2 heterocycles. The average molecular weight is 251 g/mol. The third-order valence-electron chi connectivity index (χ3n) is 3.40. The Hall–Kier alpha value is -1.55. The summed E-state index contributed by atoms with van der Waals surface area (Å²) in [5, 5.41) is 0.510. The Morgan fingerprint density at radius 3 is 2.88 bits per heavy atom. The second-order valence-corrected chi connectivity index (χ2v) is 4.80. The van der Waals surface area contributed by atoms with E-state index >= 15 is 0 Å². The Labute approximate surface area is 104 Å². The summed E-state index contributed by atoms with van der Waals surface area (Å²) in [6.07, 6.45) is 1.05. The van der Waals surface area contributed by atoms with Crippen LogP contribution in [0.25, 0.3) is 0 Å². The molecule has 1 aromatic carbocycles. The molecule has 17 heavy (non-hydrogen) atoms. The van der Waals surface area contributed by atoms with Crippen LogP contribution < -0.4 is 4.90 Å². The number of hydrogen-bond donors (Lipinski definition) is 0. The molecule has 0 bridgehead atoms. The second kappa shape index (κ2) is 3.47. The van der Waals surface area contributed by atoms with Crippen molar-refractivity contribution in [1.82, 2.24) is 4.90 Å². The largest absolute Gasteiger partial charge is 0.321 e. The first-order valence-corrected chi connectivity index (χ1v) is 5.86. The lowest BCUT2D eigenvalue weighted by atomic mass is 10.1. The normalized spacial score (nSPS) is 22.8. The molecule has 0 aromatic heterocycles. The summed E-state index contributed by atoms with van der Waals surface area (Å²) in [5.41, 5.74) is 1.19. The predicted octanol–water partition coefficient (Wildman–Crippen LogP) is 1.88. The van der Waals surface area contributed by atoms with Crippen molar-refractivity contribution in [3.8, 4) is 0 Å². The van der Waals surface area contributed by atoms with Crippen molar-refractivity contribution in [2.24, 2.45) is 0 Å². The number of benzene rings is 1. The minimum Gasteiger partial charge on any atom is -0.321 e. The van der Waals surface area contributed by atoms with Gasteiger partial charge in [-0.2, -0.15) is 0 Å². The molecule has 1 aromatic rings. The molecule has 3 rings (SSSR count). The van der Waals surface area contributed by atoms with Crippen LogP contribution in [0.1, 0.15) is 23.2 Å². The zero-order valence-electron chi connectivity index (χ0n) is 9.31. The van der Waals surface area contributed by atoms with Gasteiger partial charge in [0.2, 0.25) is 5.91 Å². The zero-order chi connectivity index (χ0) is 12.2. The number of halogens is 1. The molecule has 0 N–H and O–H groups in total. The highest BCUT2D eigenvalue weighted by Crippen LogP contribution is 2.37. The molecule has 2 amide bonds. The van der Waals surface area contributed by atoms with Gasteiger partial charge in [0.25, 0.3) is 5.91 Å². The van der Waals surface area contributed by atoms with Crippen LogP contribution >= 0.6 is 11.6 Å². The molecule has 0 spiro atoms. The van der Waals surface area contributed by atoms with Crippen LogP contribution in [0.5, 0.6) is 0 Å². The quantitative estimate of drug-likeness (QED) is 0.705. The molecule has 1 atom stereocenters. The molecule has 0 radical (unpaired) electrons. The van der Waals surface area contributed by atoms with Gasteiger partial charge >= 0.3 is 0 Å². The van der Waals surface area contributed by atoms with Gasteiger partial charge in [-0.3, -0.25) is 14.5 Å². The fourth-order valence-corrected chi connectivity index (χ4v) is 2.72. The van der Waals surface area contributed by atoms with Gasteiger partial charge < -0.3 is 4.90 Å². The molecule has 0 saturated carbocycles. The maximum Gasteiger partial charge on any atom is 0.257 e. The first-order valence-electron chi connectivity index (χ1n) is 5.48. The standard InChI is InChI=1S/C12H11ClN2O2/c1-14-10-4-5-11(16)15(10)9-3-2-7(13)6-8(9)12(14)17/h2-3,6,10H,4-5H2,1H3. The number of anilines is 1. The number of carbonyl (C=O) groups excluding carboxylic acids is 2. The Bertz CT molecular complexity index is 529. The van der Waals surface area contributed by atoms with Gasteiger partial charge in [0.1, 0.15) is 6.17 Å². The lowest BCUT2D eigenvalue weighted by Crippen LogP contribution is -2.51. The third-order valence-corrected chi connectivity index (χ3v) is 3.63. The molecule has 4 nitrogen and oxygen atoms in total. The summed E-state index contributed by atoms with van der Waals surface area (Å²) in [7, 11) is 1.72. The minimum absolute atomic E-state index is 0.0675. The Balaban J connectivity index is 2.21. The molecule has 0 aliphatic carbocycles. The van der Waals surface area contributed by atoms with Crippen LogP contribution in [0.2, 0.25) is 5.02 Å². The van der Waals surface area contributed by atoms with E-state index in [1.807, 2.05) is 0 Å². The molecule has 88 valence electrons. The van der Waals surface area contributed by atoms with Crippen molar-refractivity contribution in [2.45, 2.75) is 19.0 Å². The average Bonchev–Trinajstić information content (AvgIpc) is 2.69. The van der Waals surface area contributed by atoms with Gasteiger partial charge in [-0.05, 0) is 24.6 Å². The van der Waals surface area contributed by atoms with Gasteiger partial charge in [0.15, 0.2) is 0 Å². The Morgan fingerprint density at radius 2 is 2.12 bits per heavy atom. The molecule has 1 fully saturated rings. The molecular formula is C12H11ClN2O2. The summed E-state index contributed by atoms with van der Waals surface area (Å²) in [4.78, 5) is 27.3. The molecule has 2 aliphatic rings. The number of hydrogen-bond acceptors (Lipinski definition) is 2. The van der Waals surface area contributed by atoms with Crippen LogP contribution in [0.15, 0.2) is 18.2 Å². The molecule has 5 heteroatoms. The van der Waals surface area contributed by atoms with Crippen molar-refractivity contribution in [3.05, 3.63) is 28.8 Å². The maximum absolute atomic E-state index is 12.1. The number of fused-ring (bicyclic) bond motifs is 3. The first kappa shape index (κ1) is 10.6. The van der Waals surface area contributed by atoms with E-state index in [0.29, 0.717) is 29.1 Å². The molecule has 1 unspecified atom stereocenters. The van der Waals surface area contributed by atoms with Crippen molar-refractivity contribution in [3.63, 3.8) is 0 Å². The third kappa shape index (κ3) is 1.37. The highest BCUT2D eigenvalue weighted by atomic mass is 35.5. The summed E-state index contributed by atoms with van der Waals surface area (Å²) in [6, 6.07) is 5.08. The van der Waals surface area contributed by atoms with Crippen molar-refractivity contribution in [1.29, 1.82) is 0 Å². The van der Waals surface area contributed by atoms with Crippen LogP contribution in [0.4, 0.5) is 5.69 Å². The van der Waals surface area contributed by atoms with E-state index in [4.69, 9.17) is 11.6 Å². The Morgan fingerprint density at radius 1 is 1.35 bits per heavy atom. The van der Waals surface area contributed by atoms with Gasteiger partial charge in [-0.15, -0.1) is 0 Å². The Kier molecular flexibility index (Phi) is 2.16. The van der Waals surface area contributed by atoms with Crippen LogP contribution in [-0.4, -0.2) is 29.9 Å². The van der Waals surface area contributed by atoms with Crippen LogP contribution in [-0.2, 0) is 4.79 Å². The van der Waals surface area contributed by atoms with Crippen LogP contribution in [0, 0.1) is 0 Å². The van der Waals surface area contributed by atoms with Gasteiger partial charge in [0, 0.05) is 18.5 Å². The van der Waals surface area contributed by atoms with E-state index in [-0.39, 0.29) is 18.0 Å². The van der Waals surface area contributed by atoms with E-state index in [2.05, 4.69) is 0 Å². The van der Waals surface area contributed by atoms with E-state index in [0.717, 1.165) is 0 Å². The fourth-order valence-electron chi connectivity index (χ4n) is 2.55. The van der Waals surface area contributed by atoms with Crippen molar-refractivity contribution < 1.29 is 9.59 Å². The monoisotopic (exact) mass is 250 g/mol. The molecule has 2 aliphatic heterocycles. The zero-order valence-corrected chi connectivity index (χ0v) is 10.1. The van der Waals surface area contributed by atoms with Crippen molar-refractivity contribution in [2.75, 3.05) is 11.9 Å². The van der Waals surface area contributed by atoms with Crippen molar-refractivity contribution >= 4 is 29.1 Å². The lowest BCUT2D eigenvalue weighted by Gasteiger charge is -2.38. The second-order valence-electron chi connectivity index (χ2n) is 4.36. The minimum atomic E-state index is -0.135. The molecule has 1 saturated heterocycles. The van der Waals surface area contributed by atoms with Gasteiger partial charge in [0.05, 0.1) is 11.3 Å². The number of rotatable bonds is 0. The predicted molar refractivity (Wildman–Crippen MR) is 64.1 cm³/mol. The van der Waals surface area contributed by atoms with Gasteiger partial charge in [-0.1, -0.05) is 11.6 Å². The lowest BCUT2D eigenvalue weighted by molar-refractivity contribution is -0.117. The van der Waals surface area contributed by atoms with E-state index in [1.165, 1.54) is 0 Å². The number of amides is 2. The maximum atomic E-state index is 12.1. The summed E-state index contributed by atoms with van der Waals surface area (Å²) in [5.74, 6) is -0.00336. The summed E-state index contributed by atoms with van der Waals surface area (Å²) in [6.45, 7) is 0. The van der Waals surface area contributed by atoms with Crippen LogP contribution in [0.3, 0.4) is 0 Å². The van der Waals surface area contributed by atoms with Gasteiger partial charge in [-0.25, -0.2) is 0 Å². The number of carbonyl (C=O) groups is 2. The van der Waals surface area contributed by atoms with E-state index in [9.17, 15) is 9.59 Å². The van der Waals surface area contributed by atoms with E-state index in [1.54, 1.807) is 35.0 Å².